The molecule has 1 aliphatic heterocycles. The summed E-state index contributed by atoms with van der Waals surface area (Å²) in [4.78, 5) is 37.5. The Kier molecular flexibility index (Phi) is 5.16. The predicted octanol–water partition coefficient (Wildman–Crippen LogP) is 2.98. The number of nitrogens with one attached hydrogen (secondary N) is 2. The lowest BCUT2D eigenvalue weighted by atomic mass is 10.1. The van der Waals surface area contributed by atoms with Gasteiger partial charge in [-0.3, -0.25) is 14.4 Å². The van der Waals surface area contributed by atoms with Crippen molar-refractivity contribution in [2.45, 2.75) is 19.8 Å². The number of anilines is 3. The molecule has 3 amide bonds. The van der Waals surface area contributed by atoms with E-state index in [-0.39, 0.29) is 11.6 Å². The fourth-order valence-electron chi connectivity index (χ4n) is 2.89. The van der Waals surface area contributed by atoms with Crippen LogP contribution in [0.15, 0.2) is 36.4 Å². The van der Waals surface area contributed by atoms with Crippen LogP contribution in [0.3, 0.4) is 0 Å². The Balaban J connectivity index is 1.66. The van der Waals surface area contributed by atoms with Gasteiger partial charge in [0, 0.05) is 36.1 Å². The number of rotatable bonds is 3. The largest absolute Gasteiger partial charge is 0.318 e. The van der Waals surface area contributed by atoms with Gasteiger partial charge >= 0.3 is 11.8 Å². The van der Waals surface area contributed by atoms with Crippen molar-refractivity contribution in [2.24, 2.45) is 0 Å². The highest BCUT2D eigenvalue weighted by atomic mass is 19.2. The molecule has 0 radical (unpaired) electrons. The molecule has 1 heterocycles. The maximum absolute atomic E-state index is 13.2. The van der Waals surface area contributed by atoms with Crippen LogP contribution in [0.1, 0.15) is 18.4 Å². The summed E-state index contributed by atoms with van der Waals surface area (Å²) in [5.41, 5.74) is 1.90. The van der Waals surface area contributed by atoms with Gasteiger partial charge in [-0.2, -0.15) is 0 Å². The number of amides is 3. The number of hydrogen-bond donors (Lipinski definition) is 2. The van der Waals surface area contributed by atoms with Crippen LogP contribution in [0.2, 0.25) is 0 Å². The van der Waals surface area contributed by atoms with E-state index >= 15 is 0 Å². The number of hydrogen-bond acceptors (Lipinski definition) is 3. The van der Waals surface area contributed by atoms with E-state index in [2.05, 4.69) is 10.6 Å². The molecule has 8 heteroatoms. The van der Waals surface area contributed by atoms with Crippen molar-refractivity contribution in [2.75, 3.05) is 22.1 Å². The minimum atomic E-state index is -1.13. The number of aryl methyl sites for hydroxylation is 1. The van der Waals surface area contributed by atoms with Gasteiger partial charge in [0.25, 0.3) is 0 Å². The maximum Gasteiger partial charge on any atom is 0.314 e. The first-order valence-corrected chi connectivity index (χ1v) is 8.33. The van der Waals surface area contributed by atoms with E-state index < -0.39 is 23.4 Å². The average Bonchev–Trinajstić information content (AvgIpc) is 3.04. The van der Waals surface area contributed by atoms with Crippen molar-refractivity contribution in [1.29, 1.82) is 0 Å². The first-order valence-electron chi connectivity index (χ1n) is 8.33. The van der Waals surface area contributed by atoms with Crippen molar-refractivity contribution >= 4 is 34.8 Å². The Morgan fingerprint density at radius 2 is 1.59 bits per heavy atom. The van der Waals surface area contributed by atoms with E-state index in [0.29, 0.717) is 18.7 Å². The number of carbonyl (C=O) groups is 3. The summed E-state index contributed by atoms with van der Waals surface area (Å²) in [6.07, 6.45) is 1.32. The van der Waals surface area contributed by atoms with E-state index in [0.717, 1.165) is 35.9 Å². The highest BCUT2D eigenvalue weighted by molar-refractivity contribution is 6.43. The first kappa shape index (κ1) is 18.5. The molecule has 1 fully saturated rings. The van der Waals surface area contributed by atoms with Gasteiger partial charge < -0.3 is 15.5 Å². The zero-order valence-electron chi connectivity index (χ0n) is 14.5. The van der Waals surface area contributed by atoms with Crippen molar-refractivity contribution < 1.29 is 23.2 Å². The monoisotopic (exact) mass is 373 g/mol. The molecule has 2 N–H and O–H groups in total. The average molecular weight is 373 g/mol. The quantitative estimate of drug-likeness (QED) is 0.812. The zero-order valence-corrected chi connectivity index (χ0v) is 14.5. The molecule has 3 rings (SSSR count). The van der Waals surface area contributed by atoms with Crippen LogP contribution in [-0.4, -0.2) is 24.3 Å². The molecule has 2 aromatic rings. The van der Waals surface area contributed by atoms with Gasteiger partial charge in [-0.1, -0.05) is 0 Å². The third kappa shape index (κ3) is 4.11. The second-order valence-corrected chi connectivity index (χ2v) is 6.19. The van der Waals surface area contributed by atoms with Gasteiger partial charge in [0.05, 0.1) is 0 Å². The van der Waals surface area contributed by atoms with Gasteiger partial charge in [0.15, 0.2) is 11.6 Å². The van der Waals surface area contributed by atoms with Gasteiger partial charge in [-0.05, 0) is 49.2 Å². The second-order valence-electron chi connectivity index (χ2n) is 6.19. The van der Waals surface area contributed by atoms with Crippen molar-refractivity contribution in [3.8, 4) is 0 Å². The molecule has 6 nitrogen and oxygen atoms in total. The molecule has 0 atom stereocenters. The molecule has 27 heavy (non-hydrogen) atoms. The molecule has 0 aromatic heterocycles. The lowest BCUT2D eigenvalue weighted by Gasteiger charge is -2.19. The summed E-state index contributed by atoms with van der Waals surface area (Å²) in [5.74, 6) is -4.09. The number of benzene rings is 2. The summed E-state index contributed by atoms with van der Waals surface area (Å²) in [6.45, 7) is 2.46. The number of nitrogens with zero attached hydrogens (tertiary/aromatic N) is 1. The van der Waals surface area contributed by atoms with Crippen LogP contribution in [0.4, 0.5) is 25.8 Å². The Hall–Kier alpha value is -3.29. The first-order chi connectivity index (χ1) is 12.8. The molecule has 0 aliphatic carbocycles. The Bertz CT molecular complexity index is 930. The van der Waals surface area contributed by atoms with Gasteiger partial charge in [0.2, 0.25) is 5.91 Å². The van der Waals surface area contributed by atoms with Crippen molar-refractivity contribution in [3.05, 3.63) is 53.6 Å². The normalized spacial score (nSPS) is 13.6. The third-order valence-corrected chi connectivity index (χ3v) is 4.20. The molecule has 2 aromatic carbocycles. The summed E-state index contributed by atoms with van der Waals surface area (Å²) in [5, 5.41) is 4.63. The molecule has 0 spiro atoms. The summed E-state index contributed by atoms with van der Waals surface area (Å²) >= 11 is 0. The lowest BCUT2D eigenvalue weighted by Crippen LogP contribution is -2.29. The van der Waals surface area contributed by atoms with Crippen molar-refractivity contribution in [1.82, 2.24) is 0 Å². The molecular weight excluding hydrogens is 356 g/mol. The summed E-state index contributed by atoms with van der Waals surface area (Å²) < 4.78 is 26.1. The van der Waals surface area contributed by atoms with E-state index in [1.54, 1.807) is 30.0 Å². The lowest BCUT2D eigenvalue weighted by molar-refractivity contribution is -0.133. The maximum atomic E-state index is 13.2. The number of halogens is 2. The molecule has 0 unspecified atom stereocenters. The molecule has 1 saturated heterocycles. The zero-order chi connectivity index (χ0) is 19.6. The van der Waals surface area contributed by atoms with Crippen LogP contribution in [0.5, 0.6) is 0 Å². The molecule has 0 saturated carbocycles. The van der Waals surface area contributed by atoms with Crippen LogP contribution in [0, 0.1) is 18.6 Å². The van der Waals surface area contributed by atoms with E-state index in [1.165, 1.54) is 0 Å². The summed E-state index contributed by atoms with van der Waals surface area (Å²) in [7, 11) is 0. The highest BCUT2D eigenvalue weighted by Gasteiger charge is 2.23. The van der Waals surface area contributed by atoms with Gasteiger partial charge in [0.1, 0.15) is 0 Å². The van der Waals surface area contributed by atoms with Crippen molar-refractivity contribution in [3.63, 3.8) is 0 Å². The van der Waals surface area contributed by atoms with E-state index in [4.69, 9.17) is 0 Å². The van der Waals surface area contributed by atoms with E-state index in [9.17, 15) is 23.2 Å². The van der Waals surface area contributed by atoms with Crippen LogP contribution in [-0.2, 0) is 14.4 Å². The Labute approximate surface area is 154 Å². The fourth-order valence-corrected chi connectivity index (χ4v) is 2.89. The molecular formula is C19H17F2N3O3. The SMILES string of the molecule is Cc1cc(NC(=O)C(=O)Nc2ccc(F)c(F)c2)ccc1N1CCCC1=O. The standard InChI is InChI=1S/C19H17F2N3O3/c1-11-9-12(5-7-16(11)24-8-2-3-17(24)25)22-18(26)19(27)23-13-4-6-14(20)15(21)10-13/h4-7,9-10H,2-3,8H2,1H3,(H,22,26)(H,23,27). The van der Waals surface area contributed by atoms with Gasteiger partial charge in [-0.25, -0.2) is 8.78 Å². The Morgan fingerprint density at radius 3 is 2.15 bits per heavy atom. The van der Waals surface area contributed by atoms with Crippen LogP contribution in [0.25, 0.3) is 0 Å². The van der Waals surface area contributed by atoms with Crippen LogP contribution >= 0.6 is 0 Å². The predicted molar refractivity (Wildman–Crippen MR) is 96.4 cm³/mol. The van der Waals surface area contributed by atoms with Crippen LogP contribution < -0.4 is 15.5 Å². The van der Waals surface area contributed by atoms with Gasteiger partial charge in [-0.15, -0.1) is 0 Å². The Morgan fingerprint density at radius 1 is 0.963 bits per heavy atom. The smallest absolute Gasteiger partial charge is 0.314 e. The molecule has 140 valence electrons. The van der Waals surface area contributed by atoms with E-state index in [1.807, 2.05) is 0 Å². The third-order valence-electron chi connectivity index (χ3n) is 4.20. The number of carbonyl (C=O) groups excluding carboxylic acids is 3. The minimum absolute atomic E-state index is 0.0341. The second kappa shape index (κ2) is 7.53. The molecule has 1 aliphatic rings. The fraction of sp³-hybridized carbons (Fsp3) is 0.211. The molecule has 0 bridgehead atoms. The topological polar surface area (TPSA) is 78.5 Å². The summed E-state index contributed by atoms with van der Waals surface area (Å²) in [6, 6.07) is 7.74. The highest BCUT2D eigenvalue weighted by Crippen LogP contribution is 2.27. The minimum Gasteiger partial charge on any atom is -0.318 e.